The van der Waals surface area contributed by atoms with Crippen LogP contribution in [0, 0.1) is 0 Å². The van der Waals surface area contributed by atoms with Crippen molar-refractivity contribution in [3.63, 3.8) is 0 Å². The van der Waals surface area contributed by atoms with Crippen molar-refractivity contribution in [2.45, 2.75) is 13.3 Å². The Morgan fingerprint density at radius 1 is 1.14 bits per heavy atom. The van der Waals surface area contributed by atoms with Gasteiger partial charge in [0.25, 0.3) is 5.91 Å². The van der Waals surface area contributed by atoms with E-state index in [-0.39, 0.29) is 11.8 Å². The Kier molecular flexibility index (Phi) is 4.54. The summed E-state index contributed by atoms with van der Waals surface area (Å²) in [5, 5.41) is 4.72. The number of amides is 2. The molecule has 2 aromatic rings. The summed E-state index contributed by atoms with van der Waals surface area (Å²) in [6, 6.07) is 3.99. The summed E-state index contributed by atoms with van der Waals surface area (Å²) < 4.78 is 0. The van der Waals surface area contributed by atoms with Gasteiger partial charge < -0.3 is 9.80 Å². The highest BCUT2D eigenvalue weighted by Gasteiger charge is 2.23. The van der Waals surface area contributed by atoms with Gasteiger partial charge in [0.05, 0.1) is 4.88 Å². The zero-order valence-corrected chi connectivity index (χ0v) is 14.0. The molecule has 116 valence electrons. The zero-order valence-electron chi connectivity index (χ0n) is 12.3. The van der Waals surface area contributed by atoms with Crippen molar-refractivity contribution in [2.24, 2.45) is 0 Å². The van der Waals surface area contributed by atoms with Crippen molar-refractivity contribution < 1.29 is 9.59 Å². The number of rotatable bonds is 2. The number of hydrogen-bond acceptors (Lipinski definition) is 5. The van der Waals surface area contributed by atoms with Gasteiger partial charge in [0.15, 0.2) is 0 Å². The Hall–Kier alpha value is -1.73. The van der Waals surface area contributed by atoms with Crippen LogP contribution in [0.4, 0.5) is 0 Å². The van der Waals surface area contributed by atoms with E-state index in [0.29, 0.717) is 25.3 Å². The second kappa shape index (κ2) is 6.58. The number of carbonyl (C=O) groups is 2. The molecule has 2 aromatic heterocycles. The Morgan fingerprint density at radius 2 is 1.91 bits per heavy atom. The molecule has 0 unspecified atom stereocenters. The summed E-state index contributed by atoms with van der Waals surface area (Å²) in [6.45, 7) is 4.14. The van der Waals surface area contributed by atoms with Crippen molar-refractivity contribution in [2.75, 3.05) is 26.2 Å². The first kappa shape index (κ1) is 15.2. The van der Waals surface area contributed by atoms with E-state index < -0.39 is 0 Å². The molecule has 1 aliphatic rings. The van der Waals surface area contributed by atoms with Gasteiger partial charge in [0, 0.05) is 38.5 Å². The number of carbonyl (C=O) groups excluding carboxylic acids is 2. The van der Waals surface area contributed by atoms with Gasteiger partial charge >= 0.3 is 0 Å². The number of thiophene rings is 1. The van der Waals surface area contributed by atoms with E-state index in [1.54, 1.807) is 28.1 Å². The SMILES string of the molecule is CC(=O)N1CCCN(C(=O)c2csc(-c3cccs3)n2)CC1. The van der Waals surface area contributed by atoms with Crippen LogP contribution in [0.1, 0.15) is 23.8 Å². The van der Waals surface area contributed by atoms with E-state index in [1.165, 1.54) is 11.3 Å². The maximum Gasteiger partial charge on any atom is 0.273 e. The summed E-state index contributed by atoms with van der Waals surface area (Å²) in [6.07, 6.45) is 0.813. The fourth-order valence-electron chi connectivity index (χ4n) is 2.48. The van der Waals surface area contributed by atoms with Gasteiger partial charge in [-0.15, -0.1) is 22.7 Å². The Bertz CT molecular complexity index is 666. The molecule has 1 saturated heterocycles. The van der Waals surface area contributed by atoms with Gasteiger partial charge in [-0.2, -0.15) is 0 Å². The summed E-state index contributed by atoms with van der Waals surface area (Å²) in [4.78, 5) is 33.2. The van der Waals surface area contributed by atoms with Crippen molar-refractivity contribution in [3.05, 3.63) is 28.6 Å². The van der Waals surface area contributed by atoms with E-state index >= 15 is 0 Å². The first-order valence-electron chi connectivity index (χ1n) is 7.19. The van der Waals surface area contributed by atoms with Crippen LogP contribution in [0.3, 0.4) is 0 Å². The maximum atomic E-state index is 12.6. The molecule has 22 heavy (non-hydrogen) atoms. The van der Waals surface area contributed by atoms with Crippen molar-refractivity contribution in [1.82, 2.24) is 14.8 Å². The Balaban J connectivity index is 1.70. The topological polar surface area (TPSA) is 53.5 Å². The minimum absolute atomic E-state index is 0.0375. The van der Waals surface area contributed by atoms with Gasteiger partial charge in [-0.25, -0.2) is 4.98 Å². The van der Waals surface area contributed by atoms with Crippen LogP contribution in [-0.2, 0) is 4.79 Å². The monoisotopic (exact) mass is 335 g/mol. The highest BCUT2D eigenvalue weighted by Crippen LogP contribution is 2.28. The highest BCUT2D eigenvalue weighted by molar-refractivity contribution is 7.20. The lowest BCUT2D eigenvalue weighted by Crippen LogP contribution is -2.36. The predicted octanol–water partition coefficient (Wildman–Crippen LogP) is 2.57. The molecule has 0 spiro atoms. The molecule has 0 atom stereocenters. The third-order valence-corrected chi connectivity index (χ3v) is 5.57. The summed E-state index contributed by atoms with van der Waals surface area (Å²) in [5.41, 5.74) is 0.504. The second-order valence-corrected chi connectivity index (χ2v) is 6.97. The van der Waals surface area contributed by atoms with Crippen LogP contribution in [0.2, 0.25) is 0 Å². The lowest BCUT2D eigenvalue weighted by Gasteiger charge is -2.20. The fourth-order valence-corrected chi connectivity index (χ4v) is 4.09. The van der Waals surface area contributed by atoms with E-state index in [0.717, 1.165) is 22.9 Å². The van der Waals surface area contributed by atoms with E-state index in [1.807, 2.05) is 22.9 Å². The lowest BCUT2D eigenvalue weighted by atomic mass is 10.3. The zero-order chi connectivity index (χ0) is 15.5. The van der Waals surface area contributed by atoms with Crippen molar-refractivity contribution in [3.8, 4) is 9.88 Å². The van der Waals surface area contributed by atoms with Crippen LogP contribution in [0.25, 0.3) is 9.88 Å². The number of thiazole rings is 1. The van der Waals surface area contributed by atoms with Crippen molar-refractivity contribution in [1.29, 1.82) is 0 Å². The first-order chi connectivity index (χ1) is 10.6. The number of aromatic nitrogens is 1. The van der Waals surface area contributed by atoms with E-state index in [2.05, 4.69) is 4.98 Å². The standard InChI is InChI=1S/C15H17N3O2S2/c1-11(19)17-5-3-6-18(8-7-17)15(20)12-10-22-14(16-12)13-4-2-9-21-13/h2,4,9-10H,3,5-8H2,1H3. The molecular formula is C15H17N3O2S2. The van der Waals surface area contributed by atoms with Crippen LogP contribution in [-0.4, -0.2) is 52.8 Å². The minimum atomic E-state index is -0.0375. The molecule has 1 aliphatic heterocycles. The second-order valence-electron chi connectivity index (χ2n) is 5.17. The fraction of sp³-hybridized carbons (Fsp3) is 0.400. The van der Waals surface area contributed by atoms with E-state index in [4.69, 9.17) is 0 Å². The summed E-state index contributed by atoms with van der Waals surface area (Å²) in [5.74, 6) is 0.0346. The van der Waals surface area contributed by atoms with Gasteiger partial charge in [-0.05, 0) is 17.9 Å². The normalized spacial score (nSPS) is 15.7. The third-order valence-electron chi connectivity index (χ3n) is 3.68. The van der Waals surface area contributed by atoms with Crippen LogP contribution in [0.5, 0.6) is 0 Å². The molecule has 7 heteroatoms. The van der Waals surface area contributed by atoms with Gasteiger partial charge in [0.2, 0.25) is 5.91 Å². The molecule has 0 N–H and O–H groups in total. The molecule has 0 aliphatic carbocycles. The van der Waals surface area contributed by atoms with Crippen LogP contribution < -0.4 is 0 Å². The molecule has 3 rings (SSSR count). The van der Waals surface area contributed by atoms with Gasteiger partial charge in [-0.1, -0.05) is 6.07 Å². The molecule has 0 radical (unpaired) electrons. The molecule has 0 bridgehead atoms. The molecule has 1 fully saturated rings. The highest BCUT2D eigenvalue weighted by atomic mass is 32.1. The van der Waals surface area contributed by atoms with Crippen LogP contribution >= 0.6 is 22.7 Å². The average Bonchev–Trinajstić information content (AvgIpc) is 3.12. The third kappa shape index (κ3) is 3.20. The van der Waals surface area contributed by atoms with Crippen LogP contribution in [0.15, 0.2) is 22.9 Å². The molecule has 3 heterocycles. The van der Waals surface area contributed by atoms with Crippen molar-refractivity contribution >= 4 is 34.5 Å². The largest absolute Gasteiger partial charge is 0.341 e. The maximum absolute atomic E-state index is 12.6. The molecular weight excluding hydrogens is 318 g/mol. The number of nitrogens with zero attached hydrogens (tertiary/aromatic N) is 3. The Labute approximate surface area is 137 Å². The minimum Gasteiger partial charge on any atom is -0.341 e. The molecule has 0 saturated carbocycles. The first-order valence-corrected chi connectivity index (χ1v) is 8.95. The average molecular weight is 335 g/mol. The number of hydrogen-bond donors (Lipinski definition) is 0. The quantitative estimate of drug-likeness (QED) is 0.847. The van der Waals surface area contributed by atoms with Gasteiger partial charge in [0.1, 0.15) is 10.7 Å². The van der Waals surface area contributed by atoms with E-state index in [9.17, 15) is 9.59 Å². The smallest absolute Gasteiger partial charge is 0.273 e. The molecule has 5 nitrogen and oxygen atoms in total. The lowest BCUT2D eigenvalue weighted by molar-refractivity contribution is -0.128. The summed E-state index contributed by atoms with van der Waals surface area (Å²) >= 11 is 3.12. The summed E-state index contributed by atoms with van der Waals surface area (Å²) in [7, 11) is 0. The van der Waals surface area contributed by atoms with Gasteiger partial charge in [-0.3, -0.25) is 9.59 Å². The Morgan fingerprint density at radius 3 is 2.64 bits per heavy atom. The predicted molar refractivity (Wildman–Crippen MR) is 88.2 cm³/mol. The molecule has 0 aromatic carbocycles. The molecule has 2 amide bonds.